The summed E-state index contributed by atoms with van der Waals surface area (Å²) in [5, 5.41) is 13.3. The minimum atomic E-state index is 0.336. The van der Waals surface area contributed by atoms with Crippen LogP contribution in [0.5, 0.6) is 5.75 Å². The third-order valence-corrected chi connectivity index (χ3v) is 4.75. The molecule has 1 heterocycles. The molecule has 2 unspecified atom stereocenters. The van der Waals surface area contributed by atoms with Gasteiger partial charge in [-0.3, -0.25) is 0 Å². The topological polar surface area (TPSA) is 32.3 Å². The van der Waals surface area contributed by atoms with Gasteiger partial charge >= 0.3 is 0 Å². The monoisotopic (exact) mass is 231 g/mol. The van der Waals surface area contributed by atoms with E-state index >= 15 is 0 Å². The van der Waals surface area contributed by atoms with Gasteiger partial charge in [-0.25, -0.2) is 0 Å². The van der Waals surface area contributed by atoms with Crippen LogP contribution in [0, 0.1) is 5.92 Å². The molecule has 0 spiro atoms. The van der Waals surface area contributed by atoms with Gasteiger partial charge in [0.25, 0.3) is 0 Å². The average Bonchev–Trinajstić information content (AvgIpc) is 2.63. The molecular formula is C15H21NO. The lowest BCUT2D eigenvalue weighted by molar-refractivity contribution is 0.306. The van der Waals surface area contributed by atoms with Gasteiger partial charge < -0.3 is 10.4 Å². The van der Waals surface area contributed by atoms with E-state index in [0.717, 1.165) is 19.0 Å². The first-order valence-electron chi connectivity index (χ1n) is 6.81. The third-order valence-electron chi connectivity index (χ3n) is 4.75. The quantitative estimate of drug-likeness (QED) is 0.779. The van der Waals surface area contributed by atoms with Gasteiger partial charge in [-0.2, -0.15) is 0 Å². The highest BCUT2D eigenvalue weighted by molar-refractivity contribution is 5.35. The van der Waals surface area contributed by atoms with Gasteiger partial charge in [-0.15, -0.1) is 0 Å². The molecule has 92 valence electrons. The maximum atomic E-state index is 9.72. The van der Waals surface area contributed by atoms with E-state index in [0.29, 0.717) is 11.2 Å². The van der Waals surface area contributed by atoms with Crippen LogP contribution in [-0.2, 0) is 5.41 Å². The molecule has 1 saturated carbocycles. The summed E-state index contributed by atoms with van der Waals surface area (Å²) >= 11 is 0. The minimum Gasteiger partial charge on any atom is -0.508 e. The molecule has 0 amide bonds. The Bertz CT molecular complexity index is 404. The highest BCUT2D eigenvalue weighted by atomic mass is 16.3. The van der Waals surface area contributed by atoms with Crippen molar-refractivity contribution in [1.29, 1.82) is 0 Å². The minimum absolute atomic E-state index is 0.336. The molecule has 2 nitrogen and oxygen atoms in total. The van der Waals surface area contributed by atoms with Gasteiger partial charge in [0, 0.05) is 0 Å². The van der Waals surface area contributed by atoms with E-state index < -0.39 is 0 Å². The van der Waals surface area contributed by atoms with E-state index in [4.69, 9.17) is 0 Å². The molecule has 0 radical (unpaired) electrons. The normalized spacial score (nSPS) is 33.1. The summed E-state index contributed by atoms with van der Waals surface area (Å²) in [6.07, 6.45) is 6.49. The first-order valence-corrected chi connectivity index (χ1v) is 6.81. The van der Waals surface area contributed by atoms with Crippen LogP contribution in [0.25, 0.3) is 0 Å². The molecule has 3 rings (SSSR count). The lowest BCUT2D eigenvalue weighted by Crippen LogP contribution is -2.33. The van der Waals surface area contributed by atoms with E-state index in [1.807, 2.05) is 12.1 Å². The predicted octanol–water partition coefficient (Wildman–Crippen LogP) is 2.81. The van der Waals surface area contributed by atoms with E-state index in [1.165, 1.54) is 37.7 Å². The van der Waals surface area contributed by atoms with Gasteiger partial charge in [-0.05, 0) is 67.8 Å². The van der Waals surface area contributed by atoms with Crippen LogP contribution in [0.15, 0.2) is 24.3 Å². The number of aromatic hydroxyl groups is 1. The molecule has 1 aliphatic heterocycles. The first kappa shape index (κ1) is 11.1. The van der Waals surface area contributed by atoms with Crippen LogP contribution in [0.2, 0.25) is 0 Å². The molecule has 2 fully saturated rings. The zero-order valence-corrected chi connectivity index (χ0v) is 10.3. The Balaban J connectivity index is 2.01. The van der Waals surface area contributed by atoms with Crippen molar-refractivity contribution < 1.29 is 5.11 Å². The number of nitrogens with one attached hydrogen (secondary N) is 1. The zero-order chi connectivity index (χ0) is 11.7. The molecule has 1 aliphatic carbocycles. The van der Waals surface area contributed by atoms with Crippen LogP contribution in [0.1, 0.15) is 37.7 Å². The fraction of sp³-hybridized carbons (Fsp3) is 0.600. The standard InChI is InChI=1S/C15H21NO/c17-14-6-1-4-12(10-14)15-7-2-5-13(15)11-16-9-3-8-15/h1,4,6,10,13,16-17H,2-3,5,7-9,11H2. The van der Waals surface area contributed by atoms with Crippen molar-refractivity contribution in [3.63, 3.8) is 0 Å². The van der Waals surface area contributed by atoms with Crippen LogP contribution in [0.3, 0.4) is 0 Å². The van der Waals surface area contributed by atoms with E-state index in [-0.39, 0.29) is 0 Å². The van der Waals surface area contributed by atoms with Crippen molar-refractivity contribution in [3.05, 3.63) is 29.8 Å². The Hall–Kier alpha value is -1.02. The summed E-state index contributed by atoms with van der Waals surface area (Å²) in [6, 6.07) is 7.97. The van der Waals surface area contributed by atoms with Crippen molar-refractivity contribution in [2.45, 2.75) is 37.5 Å². The number of hydrogen-bond donors (Lipinski definition) is 2. The molecule has 2 heteroatoms. The Kier molecular flexibility index (Phi) is 2.83. The number of fused-ring (bicyclic) bond motifs is 1. The second-order valence-corrected chi connectivity index (χ2v) is 5.60. The largest absolute Gasteiger partial charge is 0.508 e. The second kappa shape index (κ2) is 4.34. The summed E-state index contributed by atoms with van der Waals surface area (Å²) in [6.45, 7) is 2.30. The Labute approximate surface area is 103 Å². The van der Waals surface area contributed by atoms with Crippen LogP contribution in [0.4, 0.5) is 0 Å². The van der Waals surface area contributed by atoms with Gasteiger partial charge in [0.1, 0.15) is 5.75 Å². The van der Waals surface area contributed by atoms with Crippen molar-refractivity contribution >= 4 is 0 Å². The fourth-order valence-corrected chi connectivity index (χ4v) is 3.92. The smallest absolute Gasteiger partial charge is 0.115 e. The Morgan fingerprint density at radius 3 is 3.00 bits per heavy atom. The molecule has 1 saturated heterocycles. The number of phenols is 1. The van der Waals surface area contributed by atoms with Crippen molar-refractivity contribution in [3.8, 4) is 5.75 Å². The molecule has 2 atom stereocenters. The highest BCUT2D eigenvalue weighted by Crippen LogP contribution is 2.49. The van der Waals surface area contributed by atoms with Crippen molar-refractivity contribution in [2.24, 2.45) is 5.92 Å². The second-order valence-electron chi connectivity index (χ2n) is 5.60. The summed E-state index contributed by atoms with van der Waals surface area (Å²) < 4.78 is 0. The molecule has 1 aromatic rings. The lowest BCUT2D eigenvalue weighted by atomic mass is 9.70. The summed E-state index contributed by atoms with van der Waals surface area (Å²) in [4.78, 5) is 0. The molecular weight excluding hydrogens is 210 g/mol. The predicted molar refractivity (Wildman–Crippen MR) is 69.2 cm³/mol. The summed E-state index contributed by atoms with van der Waals surface area (Å²) in [5.41, 5.74) is 1.70. The Morgan fingerprint density at radius 1 is 1.24 bits per heavy atom. The molecule has 0 aromatic heterocycles. The molecule has 17 heavy (non-hydrogen) atoms. The van der Waals surface area contributed by atoms with Gasteiger partial charge in [0.2, 0.25) is 0 Å². The van der Waals surface area contributed by atoms with Crippen LogP contribution < -0.4 is 5.32 Å². The Morgan fingerprint density at radius 2 is 2.12 bits per heavy atom. The highest BCUT2D eigenvalue weighted by Gasteiger charge is 2.44. The van der Waals surface area contributed by atoms with E-state index in [9.17, 15) is 5.11 Å². The van der Waals surface area contributed by atoms with Crippen LogP contribution >= 0.6 is 0 Å². The molecule has 0 bridgehead atoms. The lowest BCUT2D eigenvalue weighted by Gasteiger charge is -2.35. The van der Waals surface area contributed by atoms with Gasteiger partial charge in [0.05, 0.1) is 0 Å². The maximum absolute atomic E-state index is 9.72. The number of phenolic OH excluding ortho intramolecular Hbond substituents is 1. The number of hydrogen-bond acceptors (Lipinski definition) is 2. The van der Waals surface area contributed by atoms with Crippen molar-refractivity contribution in [1.82, 2.24) is 5.32 Å². The van der Waals surface area contributed by atoms with Crippen molar-refractivity contribution in [2.75, 3.05) is 13.1 Å². The summed E-state index contributed by atoms with van der Waals surface area (Å²) in [5.74, 6) is 1.17. The molecule has 2 N–H and O–H groups in total. The average molecular weight is 231 g/mol. The van der Waals surface area contributed by atoms with E-state index in [2.05, 4.69) is 11.4 Å². The van der Waals surface area contributed by atoms with Crippen LogP contribution in [-0.4, -0.2) is 18.2 Å². The number of benzene rings is 1. The summed E-state index contributed by atoms with van der Waals surface area (Å²) in [7, 11) is 0. The fourth-order valence-electron chi connectivity index (χ4n) is 3.92. The SMILES string of the molecule is Oc1cccc(C23CCCNCC2CCC3)c1. The first-order chi connectivity index (χ1) is 8.31. The van der Waals surface area contributed by atoms with E-state index in [1.54, 1.807) is 6.07 Å². The zero-order valence-electron chi connectivity index (χ0n) is 10.3. The molecule has 2 aliphatic rings. The van der Waals surface area contributed by atoms with Gasteiger partial charge in [-0.1, -0.05) is 18.6 Å². The third kappa shape index (κ3) is 1.85. The maximum Gasteiger partial charge on any atom is 0.115 e. The number of rotatable bonds is 1. The van der Waals surface area contributed by atoms with Gasteiger partial charge in [0.15, 0.2) is 0 Å². The molecule has 1 aromatic carbocycles.